The van der Waals surface area contributed by atoms with Crippen molar-refractivity contribution in [3.63, 3.8) is 0 Å². The molecule has 0 aliphatic carbocycles. The lowest BCUT2D eigenvalue weighted by atomic mass is 10.2. The Bertz CT molecular complexity index is 742. The molecule has 0 spiro atoms. The van der Waals surface area contributed by atoms with Gasteiger partial charge in [0.2, 0.25) is 0 Å². The second-order valence-electron chi connectivity index (χ2n) is 4.19. The summed E-state index contributed by atoms with van der Waals surface area (Å²) in [5, 5.41) is 0. The molecule has 0 fully saturated rings. The van der Waals surface area contributed by atoms with E-state index in [0.717, 1.165) is 21.4 Å². The minimum atomic E-state index is -0.135. The molecular weight excluding hydrogens is 304 g/mol. The highest BCUT2D eigenvalue weighted by Gasteiger charge is 2.06. The van der Waals surface area contributed by atoms with Crippen LogP contribution in [-0.4, -0.2) is 9.55 Å². The molecule has 0 atom stereocenters. The largest absolute Gasteiger partial charge is 0.330 e. The molecule has 0 radical (unpaired) electrons. The Morgan fingerprint density at radius 2 is 1.63 bits per heavy atom. The van der Waals surface area contributed by atoms with E-state index in [0.29, 0.717) is 0 Å². The Morgan fingerprint density at radius 1 is 0.947 bits per heavy atom. The van der Waals surface area contributed by atoms with Crippen LogP contribution in [0.1, 0.15) is 0 Å². The number of hydrogen-bond donors (Lipinski definition) is 1. The summed E-state index contributed by atoms with van der Waals surface area (Å²) in [7, 11) is 0. The molecule has 0 amide bonds. The van der Waals surface area contributed by atoms with Crippen LogP contribution >= 0.6 is 15.9 Å². The predicted octanol–water partition coefficient (Wildman–Crippen LogP) is 3.60. The Morgan fingerprint density at radius 3 is 2.32 bits per heavy atom. The van der Waals surface area contributed by atoms with E-state index in [1.165, 1.54) is 0 Å². The summed E-state index contributed by atoms with van der Waals surface area (Å²) in [6, 6.07) is 17.4. The van der Waals surface area contributed by atoms with Crippen molar-refractivity contribution in [3.05, 3.63) is 75.8 Å². The topological polar surface area (TPSA) is 37.8 Å². The molecule has 3 aromatic rings. The number of para-hydroxylation sites is 1. The van der Waals surface area contributed by atoms with Crippen LogP contribution in [0, 0.1) is 0 Å². The molecule has 3 nitrogen and oxygen atoms in total. The van der Waals surface area contributed by atoms with Gasteiger partial charge in [-0.05, 0) is 29.8 Å². The molecule has 0 aliphatic rings. The number of aromatic amines is 1. The molecule has 1 aromatic heterocycles. The monoisotopic (exact) mass is 314 g/mol. The van der Waals surface area contributed by atoms with Crippen molar-refractivity contribution in [1.29, 1.82) is 0 Å². The van der Waals surface area contributed by atoms with Gasteiger partial charge in [-0.2, -0.15) is 0 Å². The van der Waals surface area contributed by atoms with E-state index in [2.05, 4.69) is 20.9 Å². The minimum absolute atomic E-state index is 0.135. The fraction of sp³-hybridized carbons (Fsp3) is 0. The number of rotatable bonds is 2. The Kier molecular flexibility index (Phi) is 3.09. The van der Waals surface area contributed by atoms with Gasteiger partial charge < -0.3 is 4.98 Å². The zero-order valence-corrected chi connectivity index (χ0v) is 11.6. The maximum absolute atomic E-state index is 12.0. The highest BCUT2D eigenvalue weighted by Crippen LogP contribution is 2.19. The molecule has 94 valence electrons. The van der Waals surface area contributed by atoms with Crippen molar-refractivity contribution in [2.45, 2.75) is 0 Å². The summed E-state index contributed by atoms with van der Waals surface area (Å²) in [6.07, 6.45) is 1.82. The molecule has 0 unspecified atom stereocenters. The van der Waals surface area contributed by atoms with Gasteiger partial charge in [0, 0.05) is 10.7 Å². The van der Waals surface area contributed by atoms with E-state index in [-0.39, 0.29) is 5.69 Å². The molecule has 3 rings (SSSR count). The average Bonchev–Trinajstić information content (AvgIpc) is 2.83. The third-order valence-corrected chi connectivity index (χ3v) is 3.44. The van der Waals surface area contributed by atoms with Crippen molar-refractivity contribution in [3.8, 4) is 16.9 Å². The molecular formula is C15H11BrN2O. The second kappa shape index (κ2) is 4.90. The van der Waals surface area contributed by atoms with Crippen LogP contribution in [0.5, 0.6) is 0 Å². The quantitative estimate of drug-likeness (QED) is 0.771. The molecule has 0 saturated carbocycles. The summed E-state index contributed by atoms with van der Waals surface area (Å²) in [4.78, 5) is 14.8. The number of halogens is 1. The van der Waals surface area contributed by atoms with Crippen molar-refractivity contribution in [2.75, 3.05) is 0 Å². The van der Waals surface area contributed by atoms with Crippen LogP contribution in [-0.2, 0) is 0 Å². The lowest BCUT2D eigenvalue weighted by Gasteiger charge is -1.99. The zero-order valence-electron chi connectivity index (χ0n) is 10.0. The Hall–Kier alpha value is -2.07. The van der Waals surface area contributed by atoms with E-state index in [1.807, 2.05) is 60.8 Å². The summed E-state index contributed by atoms with van der Waals surface area (Å²) < 4.78 is 2.62. The predicted molar refractivity (Wildman–Crippen MR) is 79.5 cm³/mol. The first-order valence-electron chi connectivity index (χ1n) is 5.87. The van der Waals surface area contributed by atoms with Crippen LogP contribution in [0.4, 0.5) is 0 Å². The van der Waals surface area contributed by atoms with E-state index in [9.17, 15) is 4.79 Å². The molecule has 19 heavy (non-hydrogen) atoms. The number of benzene rings is 2. The molecule has 0 saturated heterocycles. The highest BCUT2D eigenvalue weighted by molar-refractivity contribution is 9.10. The SMILES string of the molecule is O=c1[nH]c(-c2ccc(Br)cc2)cn1-c1ccccc1. The van der Waals surface area contributed by atoms with E-state index >= 15 is 0 Å². The number of H-pyrrole nitrogens is 1. The van der Waals surface area contributed by atoms with Crippen LogP contribution in [0.3, 0.4) is 0 Å². The third kappa shape index (κ3) is 2.39. The van der Waals surface area contributed by atoms with Crippen molar-refractivity contribution < 1.29 is 0 Å². The number of nitrogens with one attached hydrogen (secondary N) is 1. The average molecular weight is 315 g/mol. The standard InChI is InChI=1S/C15H11BrN2O/c16-12-8-6-11(7-9-12)14-10-18(15(19)17-14)13-4-2-1-3-5-13/h1-10H,(H,17,19). The first-order valence-corrected chi connectivity index (χ1v) is 6.66. The molecule has 4 heteroatoms. The van der Waals surface area contributed by atoms with Gasteiger partial charge in [0.25, 0.3) is 0 Å². The van der Waals surface area contributed by atoms with Gasteiger partial charge in [0.15, 0.2) is 0 Å². The maximum atomic E-state index is 12.0. The third-order valence-electron chi connectivity index (χ3n) is 2.91. The minimum Gasteiger partial charge on any atom is -0.305 e. The van der Waals surface area contributed by atoms with Gasteiger partial charge in [-0.15, -0.1) is 0 Å². The van der Waals surface area contributed by atoms with Crippen molar-refractivity contribution in [2.24, 2.45) is 0 Å². The fourth-order valence-corrected chi connectivity index (χ4v) is 2.22. The van der Waals surface area contributed by atoms with Crippen molar-refractivity contribution in [1.82, 2.24) is 9.55 Å². The highest BCUT2D eigenvalue weighted by atomic mass is 79.9. The first kappa shape index (κ1) is 12.0. The molecule has 2 aromatic carbocycles. The fourth-order valence-electron chi connectivity index (χ4n) is 1.95. The molecule has 1 heterocycles. The van der Waals surface area contributed by atoms with E-state index in [4.69, 9.17) is 0 Å². The molecule has 0 bridgehead atoms. The Labute approximate surface area is 118 Å². The lowest BCUT2D eigenvalue weighted by molar-refractivity contribution is 0.987. The zero-order chi connectivity index (χ0) is 13.2. The smallest absolute Gasteiger partial charge is 0.305 e. The van der Waals surface area contributed by atoms with E-state index < -0.39 is 0 Å². The Balaban J connectivity index is 2.07. The van der Waals surface area contributed by atoms with Crippen LogP contribution in [0.2, 0.25) is 0 Å². The number of imidazole rings is 1. The second-order valence-corrected chi connectivity index (χ2v) is 5.10. The van der Waals surface area contributed by atoms with Crippen LogP contribution in [0.15, 0.2) is 70.1 Å². The maximum Gasteiger partial charge on any atom is 0.330 e. The number of hydrogen-bond acceptors (Lipinski definition) is 1. The van der Waals surface area contributed by atoms with Crippen LogP contribution in [0.25, 0.3) is 16.9 Å². The summed E-state index contributed by atoms with van der Waals surface area (Å²) in [6.45, 7) is 0. The van der Waals surface area contributed by atoms with Gasteiger partial charge in [-0.3, -0.25) is 4.57 Å². The van der Waals surface area contributed by atoms with Gasteiger partial charge in [0.05, 0.1) is 11.4 Å². The normalized spacial score (nSPS) is 10.6. The van der Waals surface area contributed by atoms with Gasteiger partial charge >= 0.3 is 5.69 Å². The molecule has 0 aliphatic heterocycles. The molecule has 1 N–H and O–H groups in total. The van der Waals surface area contributed by atoms with E-state index in [1.54, 1.807) is 4.57 Å². The summed E-state index contributed by atoms with van der Waals surface area (Å²) >= 11 is 3.40. The summed E-state index contributed by atoms with van der Waals surface area (Å²) in [5.41, 5.74) is 2.51. The van der Waals surface area contributed by atoms with Crippen LogP contribution < -0.4 is 5.69 Å². The van der Waals surface area contributed by atoms with Gasteiger partial charge in [-0.25, -0.2) is 4.79 Å². The number of nitrogens with zero attached hydrogens (tertiary/aromatic N) is 1. The first-order chi connectivity index (χ1) is 9.24. The summed E-state index contributed by atoms with van der Waals surface area (Å²) in [5.74, 6) is 0. The van der Waals surface area contributed by atoms with Gasteiger partial charge in [0.1, 0.15) is 0 Å². The van der Waals surface area contributed by atoms with Gasteiger partial charge in [-0.1, -0.05) is 46.3 Å². The number of aromatic nitrogens is 2. The van der Waals surface area contributed by atoms with Crippen molar-refractivity contribution >= 4 is 15.9 Å². The lowest BCUT2D eigenvalue weighted by Crippen LogP contribution is -2.13.